The fourth-order valence-electron chi connectivity index (χ4n) is 0.894. The highest BCUT2D eigenvalue weighted by atomic mass is 16.5. The van der Waals surface area contributed by atoms with Gasteiger partial charge in [-0.3, -0.25) is 4.99 Å². The topological polar surface area (TPSA) is 76.4 Å². The molecule has 0 aliphatic heterocycles. The Balaban J connectivity index is 2.87. The Morgan fingerprint density at radius 2 is 2.46 bits per heavy atom. The van der Waals surface area contributed by atoms with E-state index in [1.165, 1.54) is 6.20 Å². The van der Waals surface area contributed by atoms with Gasteiger partial charge in [0.25, 0.3) is 0 Å². The molecule has 0 saturated heterocycles. The van der Waals surface area contributed by atoms with Gasteiger partial charge in [0.05, 0.1) is 0 Å². The molecule has 72 valence electrons. The molecule has 0 spiro atoms. The van der Waals surface area contributed by atoms with Crippen LogP contribution in [0.2, 0.25) is 0 Å². The van der Waals surface area contributed by atoms with Gasteiger partial charge in [-0.15, -0.1) is 4.73 Å². The van der Waals surface area contributed by atoms with E-state index in [4.69, 9.17) is 5.73 Å². The first kappa shape index (κ1) is 9.57. The van der Waals surface area contributed by atoms with E-state index in [2.05, 4.69) is 16.9 Å². The summed E-state index contributed by atoms with van der Waals surface area (Å²) in [5.41, 5.74) is 5.81. The lowest BCUT2D eigenvalue weighted by Crippen LogP contribution is -2.22. The molecule has 0 aromatic carbocycles. The van der Waals surface area contributed by atoms with Crippen molar-refractivity contribution in [3.8, 4) is 0 Å². The summed E-state index contributed by atoms with van der Waals surface area (Å²) in [7, 11) is 0. The van der Waals surface area contributed by atoms with Gasteiger partial charge < -0.3 is 10.9 Å². The highest BCUT2D eigenvalue weighted by Crippen LogP contribution is 1.88. The molecule has 13 heavy (non-hydrogen) atoms. The van der Waals surface area contributed by atoms with Crippen LogP contribution in [0.3, 0.4) is 0 Å². The van der Waals surface area contributed by atoms with Crippen molar-refractivity contribution in [1.82, 2.24) is 9.71 Å². The lowest BCUT2D eigenvalue weighted by atomic mass is 10.3. The average Bonchev–Trinajstić information content (AvgIpc) is 2.13. The van der Waals surface area contributed by atoms with E-state index in [9.17, 15) is 5.21 Å². The van der Waals surface area contributed by atoms with Gasteiger partial charge in [0.1, 0.15) is 0 Å². The van der Waals surface area contributed by atoms with E-state index in [0.717, 1.165) is 17.6 Å². The van der Waals surface area contributed by atoms with Crippen LogP contribution in [0, 0.1) is 0 Å². The molecule has 1 aromatic rings. The third-order valence-corrected chi connectivity index (χ3v) is 1.65. The van der Waals surface area contributed by atoms with Crippen LogP contribution in [0.5, 0.6) is 0 Å². The zero-order chi connectivity index (χ0) is 9.68. The van der Waals surface area contributed by atoms with Crippen molar-refractivity contribution < 1.29 is 5.21 Å². The SMILES string of the molecule is CCCCN=c1ccnc(N)n1O. The Labute approximate surface area is 76.5 Å². The van der Waals surface area contributed by atoms with E-state index in [1.54, 1.807) is 6.07 Å². The molecule has 5 nitrogen and oxygen atoms in total. The van der Waals surface area contributed by atoms with E-state index in [1.807, 2.05) is 0 Å². The summed E-state index contributed by atoms with van der Waals surface area (Å²) in [4.78, 5) is 7.85. The second kappa shape index (κ2) is 4.49. The second-order valence-electron chi connectivity index (χ2n) is 2.71. The molecule has 0 aliphatic rings. The summed E-state index contributed by atoms with van der Waals surface area (Å²) < 4.78 is 0.787. The Morgan fingerprint density at radius 3 is 3.15 bits per heavy atom. The van der Waals surface area contributed by atoms with Gasteiger partial charge >= 0.3 is 0 Å². The number of anilines is 1. The molecular weight excluding hydrogens is 168 g/mol. The standard InChI is InChI=1S/C8H14N4O/c1-2-3-5-10-7-4-6-11-8(9)12(7)13/h4,6,13H,2-3,5H2,1H3,(H2,9,11). The number of hydrogen-bond donors (Lipinski definition) is 2. The Hall–Kier alpha value is -1.52. The van der Waals surface area contributed by atoms with Crippen LogP contribution in [0.1, 0.15) is 19.8 Å². The van der Waals surface area contributed by atoms with Gasteiger partial charge in [-0.05, 0) is 6.42 Å². The number of rotatable bonds is 3. The van der Waals surface area contributed by atoms with Crippen LogP contribution >= 0.6 is 0 Å². The number of nitrogen functional groups attached to an aromatic ring is 1. The number of nitrogens with two attached hydrogens (primary N) is 1. The largest absolute Gasteiger partial charge is 0.423 e. The summed E-state index contributed by atoms with van der Waals surface area (Å²) in [6.45, 7) is 2.78. The first-order valence-corrected chi connectivity index (χ1v) is 4.29. The van der Waals surface area contributed by atoms with Gasteiger partial charge in [-0.25, -0.2) is 4.98 Å². The molecule has 0 atom stereocenters. The Kier molecular flexibility index (Phi) is 3.31. The molecule has 0 unspecified atom stereocenters. The molecule has 0 saturated carbocycles. The molecule has 0 radical (unpaired) electrons. The quantitative estimate of drug-likeness (QED) is 0.525. The minimum Gasteiger partial charge on any atom is -0.423 e. The van der Waals surface area contributed by atoms with E-state index >= 15 is 0 Å². The molecule has 1 rings (SSSR count). The van der Waals surface area contributed by atoms with Gasteiger partial charge in [-0.2, -0.15) is 0 Å². The third-order valence-electron chi connectivity index (χ3n) is 1.65. The van der Waals surface area contributed by atoms with Crippen molar-refractivity contribution >= 4 is 5.95 Å². The van der Waals surface area contributed by atoms with Crippen molar-refractivity contribution in [3.05, 3.63) is 17.8 Å². The van der Waals surface area contributed by atoms with Crippen molar-refractivity contribution in [2.24, 2.45) is 4.99 Å². The van der Waals surface area contributed by atoms with Crippen molar-refractivity contribution in [1.29, 1.82) is 0 Å². The first-order chi connectivity index (χ1) is 6.25. The summed E-state index contributed by atoms with van der Waals surface area (Å²) in [6, 6.07) is 1.62. The maximum Gasteiger partial charge on any atom is 0.236 e. The fraction of sp³-hybridized carbons (Fsp3) is 0.500. The van der Waals surface area contributed by atoms with Crippen LogP contribution in [0.15, 0.2) is 17.3 Å². The molecule has 0 fully saturated rings. The minimum atomic E-state index is 0.0535. The lowest BCUT2D eigenvalue weighted by Gasteiger charge is -2.00. The minimum absolute atomic E-state index is 0.0535. The van der Waals surface area contributed by atoms with E-state index in [0.29, 0.717) is 12.0 Å². The van der Waals surface area contributed by atoms with Gasteiger partial charge in [-0.1, -0.05) is 13.3 Å². The number of unbranched alkanes of at least 4 members (excludes halogenated alkanes) is 1. The molecule has 0 bridgehead atoms. The Morgan fingerprint density at radius 1 is 1.69 bits per heavy atom. The number of nitrogens with zero attached hydrogens (tertiary/aromatic N) is 3. The summed E-state index contributed by atoms with van der Waals surface area (Å²) in [5.74, 6) is 0.0535. The highest BCUT2D eigenvalue weighted by molar-refractivity contribution is 5.13. The van der Waals surface area contributed by atoms with Crippen LogP contribution in [-0.2, 0) is 0 Å². The van der Waals surface area contributed by atoms with Crippen molar-refractivity contribution in [2.45, 2.75) is 19.8 Å². The smallest absolute Gasteiger partial charge is 0.236 e. The lowest BCUT2D eigenvalue weighted by molar-refractivity contribution is 0.175. The second-order valence-corrected chi connectivity index (χ2v) is 2.71. The normalized spacial score (nSPS) is 11.9. The maximum absolute atomic E-state index is 9.33. The van der Waals surface area contributed by atoms with Crippen LogP contribution < -0.4 is 11.2 Å². The molecule has 3 N–H and O–H groups in total. The number of hydrogen-bond acceptors (Lipinski definition) is 4. The molecule has 1 aromatic heterocycles. The van der Waals surface area contributed by atoms with Crippen LogP contribution in [-0.4, -0.2) is 21.5 Å². The zero-order valence-corrected chi connectivity index (χ0v) is 7.64. The zero-order valence-electron chi connectivity index (χ0n) is 7.64. The highest BCUT2D eigenvalue weighted by Gasteiger charge is 1.94. The van der Waals surface area contributed by atoms with E-state index < -0.39 is 0 Å². The Bertz CT molecular complexity index is 331. The van der Waals surface area contributed by atoms with Gasteiger partial charge in [0.15, 0.2) is 5.49 Å². The molecule has 0 amide bonds. The summed E-state index contributed by atoms with van der Waals surface area (Å²) in [5, 5.41) is 9.33. The van der Waals surface area contributed by atoms with Gasteiger partial charge in [0.2, 0.25) is 5.95 Å². The molecular formula is C8H14N4O. The number of aromatic nitrogens is 2. The van der Waals surface area contributed by atoms with Crippen LogP contribution in [0.25, 0.3) is 0 Å². The predicted molar refractivity (Wildman–Crippen MR) is 49.2 cm³/mol. The average molecular weight is 182 g/mol. The molecule has 1 heterocycles. The fourth-order valence-corrected chi connectivity index (χ4v) is 0.894. The first-order valence-electron chi connectivity index (χ1n) is 4.29. The third kappa shape index (κ3) is 2.47. The predicted octanol–water partition coefficient (Wildman–Crippen LogP) is 0.403. The molecule has 5 heteroatoms. The monoisotopic (exact) mass is 182 g/mol. The van der Waals surface area contributed by atoms with Gasteiger partial charge in [0, 0.05) is 18.8 Å². The summed E-state index contributed by atoms with van der Waals surface area (Å²) >= 11 is 0. The maximum atomic E-state index is 9.33. The van der Waals surface area contributed by atoms with Crippen molar-refractivity contribution in [3.63, 3.8) is 0 Å². The summed E-state index contributed by atoms with van der Waals surface area (Å²) in [6.07, 6.45) is 3.60. The van der Waals surface area contributed by atoms with Crippen molar-refractivity contribution in [2.75, 3.05) is 12.3 Å². The van der Waals surface area contributed by atoms with Crippen LogP contribution in [0.4, 0.5) is 5.95 Å². The van der Waals surface area contributed by atoms with E-state index in [-0.39, 0.29) is 5.95 Å². The molecule has 0 aliphatic carbocycles.